The molecular weight excluding hydrogens is 272 g/mol. The maximum Gasteiger partial charge on any atom is 0.381 e. The Kier molecular flexibility index (Phi) is 3.17. The van der Waals surface area contributed by atoms with Crippen LogP contribution in [0.2, 0.25) is 0 Å². The van der Waals surface area contributed by atoms with E-state index >= 15 is 0 Å². The lowest BCUT2D eigenvalue weighted by molar-refractivity contribution is -0.389. The summed E-state index contributed by atoms with van der Waals surface area (Å²) >= 11 is 0. The predicted octanol–water partition coefficient (Wildman–Crippen LogP) is 1.77. The number of carbonyl (C=O) groups is 1. The zero-order valence-electron chi connectivity index (χ0n) is 11.5. The van der Waals surface area contributed by atoms with Crippen molar-refractivity contribution in [2.45, 2.75) is 25.9 Å². The van der Waals surface area contributed by atoms with E-state index in [1.807, 2.05) is 31.2 Å². The van der Waals surface area contributed by atoms with E-state index in [1.165, 1.54) is 17.1 Å². The third-order valence-electron chi connectivity index (χ3n) is 3.60. The number of nitrogens with zero attached hydrogens (tertiary/aromatic N) is 4. The second-order valence-electron chi connectivity index (χ2n) is 5.11. The van der Waals surface area contributed by atoms with Gasteiger partial charge in [0.05, 0.1) is 0 Å². The molecule has 21 heavy (non-hydrogen) atoms. The van der Waals surface area contributed by atoms with E-state index in [9.17, 15) is 14.9 Å². The zero-order valence-corrected chi connectivity index (χ0v) is 11.5. The van der Waals surface area contributed by atoms with Crippen LogP contribution in [0, 0.1) is 10.1 Å². The van der Waals surface area contributed by atoms with Gasteiger partial charge in [-0.25, -0.2) is 0 Å². The maximum atomic E-state index is 12.5. The lowest BCUT2D eigenvalue weighted by atomic mass is 10.1. The van der Waals surface area contributed by atoms with Gasteiger partial charge in [-0.3, -0.25) is 4.79 Å². The molecule has 1 unspecified atom stereocenters. The number of hydrogen-bond acceptors (Lipinski definition) is 4. The first kappa shape index (κ1) is 13.3. The molecule has 0 N–H and O–H groups in total. The standard InChI is InChI=1S/C14H14N4O3/c1-10-6-11-4-2-3-5-12(11)17(10)14(19)8-16-7-13(15-9-16)18(20)21/h2-5,7,9-10H,6,8H2,1H3. The highest BCUT2D eigenvalue weighted by Gasteiger charge is 2.30. The fourth-order valence-electron chi connectivity index (χ4n) is 2.71. The molecule has 2 aromatic rings. The first-order valence-electron chi connectivity index (χ1n) is 6.62. The molecule has 1 amide bonds. The molecular formula is C14H14N4O3. The Morgan fingerprint density at radius 3 is 2.95 bits per heavy atom. The summed E-state index contributed by atoms with van der Waals surface area (Å²) in [7, 11) is 0. The average Bonchev–Trinajstić information content (AvgIpc) is 3.01. The SMILES string of the molecule is CC1Cc2ccccc2N1C(=O)Cn1cnc([N+](=O)[O-])c1. The molecule has 1 atom stereocenters. The van der Waals surface area contributed by atoms with E-state index in [1.54, 1.807) is 4.90 Å². The van der Waals surface area contributed by atoms with Gasteiger partial charge in [0.1, 0.15) is 12.7 Å². The Bertz CT molecular complexity index is 710. The highest BCUT2D eigenvalue weighted by Crippen LogP contribution is 2.31. The maximum absolute atomic E-state index is 12.5. The third-order valence-corrected chi connectivity index (χ3v) is 3.60. The van der Waals surface area contributed by atoms with Crippen molar-refractivity contribution in [2.24, 2.45) is 0 Å². The van der Waals surface area contributed by atoms with Gasteiger partial charge in [0.15, 0.2) is 0 Å². The number of amides is 1. The van der Waals surface area contributed by atoms with Crippen molar-refractivity contribution in [3.63, 3.8) is 0 Å². The fraction of sp³-hybridized carbons (Fsp3) is 0.286. The number of aromatic nitrogens is 2. The normalized spacial score (nSPS) is 16.8. The van der Waals surface area contributed by atoms with Crippen LogP contribution in [0.5, 0.6) is 0 Å². The number of anilines is 1. The van der Waals surface area contributed by atoms with Crippen molar-refractivity contribution in [1.29, 1.82) is 0 Å². The van der Waals surface area contributed by atoms with Crippen LogP contribution in [0.1, 0.15) is 12.5 Å². The second kappa shape index (κ2) is 5.01. The average molecular weight is 286 g/mol. The lowest BCUT2D eigenvalue weighted by Gasteiger charge is -2.22. The summed E-state index contributed by atoms with van der Waals surface area (Å²) in [6.45, 7) is 2.04. The van der Waals surface area contributed by atoms with E-state index in [0.29, 0.717) is 0 Å². The first-order valence-corrected chi connectivity index (χ1v) is 6.62. The predicted molar refractivity (Wildman–Crippen MR) is 76.0 cm³/mol. The van der Waals surface area contributed by atoms with E-state index < -0.39 is 4.92 Å². The van der Waals surface area contributed by atoms with Crippen LogP contribution in [0.3, 0.4) is 0 Å². The van der Waals surface area contributed by atoms with Gasteiger partial charge in [-0.15, -0.1) is 0 Å². The molecule has 108 valence electrons. The molecule has 0 saturated carbocycles. The number of benzene rings is 1. The minimum atomic E-state index is -0.575. The van der Waals surface area contributed by atoms with Gasteiger partial charge in [-0.1, -0.05) is 18.2 Å². The van der Waals surface area contributed by atoms with Crippen LogP contribution >= 0.6 is 0 Å². The van der Waals surface area contributed by atoms with E-state index in [0.717, 1.165) is 17.7 Å². The zero-order chi connectivity index (χ0) is 15.0. The second-order valence-corrected chi connectivity index (χ2v) is 5.11. The van der Waals surface area contributed by atoms with Crippen LogP contribution < -0.4 is 4.90 Å². The summed E-state index contributed by atoms with van der Waals surface area (Å²) < 4.78 is 1.44. The van der Waals surface area contributed by atoms with Crippen molar-refractivity contribution in [3.8, 4) is 0 Å². The van der Waals surface area contributed by atoms with Gasteiger partial charge in [0.2, 0.25) is 12.2 Å². The minimum Gasteiger partial charge on any atom is -0.358 e. The van der Waals surface area contributed by atoms with Gasteiger partial charge in [-0.2, -0.15) is 0 Å². The van der Waals surface area contributed by atoms with Crippen molar-refractivity contribution in [3.05, 3.63) is 52.5 Å². The minimum absolute atomic E-state index is 0.0412. The smallest absolute Gasteiger partial charge is 0.358 e. The monoisotopic (exact) mass is 286 g/mol. The Labute approximate surface area is 121 Å². The topological polar surface area (TPSA) is 81.3 Å². The Hall–Kier alpha value is -2.70. The summed E-state index contributed by atoms with van der Waals surface area (Å²) in [5, 5.41) is 10.6. The summed E-state index contributed by atoms with van der Waals surface area (Å²) in [6, 6.07) is 7.89. The van der Waals surface area contributed by atoms with Crippen LogP contribution in [0.15, 0.2) is 36.8 Å². The van der Waals surface area contributed by atoms with E-state index in [-0.39, 0.29) is 24.3 Å². The van der Waals surface area contributed by atoms with Crippen LogP contribution in [0.25, 0.3) is 0 Å². The molecule has 1 aromatic heterocycles. The van der Waals surface area contributed by atoms with Crippen molar-refractivity contribution in [2.75, 3.05) is 4.90 Å². The van der Waals surface area contributed by atoms with Gasteiger partial charge in [0.25, 0.3) is 0 Å². The Morgan fingerprint density at radius 2 is 2.24 bits per heavy atom. The molecule has 1 aromatic carbocycles. The van der Waals surface area contributed by atoms with Gasteiger partial charge in [0, 0.05) is 11.7 Å². The fourth-order valence-corrected chi connectivity index (χ4v) is 2.71. The van der Waals surface area contributed by atoms with Crippen molar-refractivity contribution < 1.29 is 9.72 Å². The summed E-state index contributed by atoms with van der Waals surface area (Å²) in [5.41, 5.74) is 2.07. The van der Waals surface area contributed by atoms with Crippen LogP contribution in [-0.2, 0) is 17.8 Å². The van der Waals surface area contributed by atoms with Gasteiger partial charge in [-0.05, 0) is 34.9 Å². The van der Waals surface area contributed by atoms with E-state index in [4.69, 9.17) is 0 Å². The van der Waals surface area contributed by atoms with Crippen molar-refractivity contribution in [1.82, 2.24) is 9.55 Å². The van der Waals surface area contributed by atoms with Crippen molar-refractivity contribution >= 4 is 17.4 Å². The molecule has 0 fully saturated rings. The summed E-state index contributed by atoms with van der Waals surface area (Å²) in [6.07, 6.45) is 3.40. The Morgan fingerprint density at radius 1 is 1.48 bits per heavy atom. The molecule has 0 bridgehead atoms. The summed E-state index contributed by atoms with van der Waals surface area (Å²) in [4.78, 5) is 27.9. The lowest BCUT2D eigenvalue weighted by Crippen LogP contribution is -2.37. The number of rotatable bonds is 3. The highest BCUT2D eigenvalue weighted by atomic mass is 16.6. The molecule has 1 aliphatic rings. The van der Waals surface area contributed by atoms with Gasteiger partial charge < -0.3 is 19.6 Å². The molecule has 7 heteroatoms. The molecule has 0 saturated heterocycles. The molecule has 0 radical (unpaired) electrons. The molecule has 0 aliphatic carbocycles. The molecule has 7 nitrogen and oxygen atoms in total. The number of fused-ring (bicyclic) bond motifs is 1. The number of hydrogen-bond donors (Lipinski definition) is 0. The summed E-state index contributed by atoms with van der Waals surface area (Å²) in [5.74, 6) is -0.350. The number of carbonyl (C=O) groups excluding carboxylic acids is 1. The molecule has 2 heterocycles. The highest BCUT2D eigenvalue weighted by molar-refractivity contribution is 5.96. The molecule has 0 spiro atoms. The molecule has 3 rings (SSSR count). The van der Waals surface area contributed by atoms with Crippen LogP contribution in [0.4, 0.5) is 11.5 Å². The first-order chi connectivity index (χ1) is 10.1. The van der Waals surface area contributed by atoms with Crippen LogP contribution in [-0.4, -0.2) is 26.4 Å². The Balaban J connectivity index is 1.80. The largest absolute Gasteiger partial charge is 0.381 e. The van der Waals surface area contributed by atoms with E-state index in [2.05, 4.69) is 4.98 Å². The quantitative estimate of drug-likeness (QED) is 0.636. The van der Waals surface area contributed by atoms with Gasteiger partial charge >= 0.3 is 5.82 Å². The molecule has 1 aliphatic heterocycles. The number of nitro groups is 1. The number of para-hydroxylation sites is 1. The number of imidazole rings is 1. The third kappa shape index (κ3) is 2.37.